The fourth-order valence-electron chi connectivity index (χ4n) is 1.15. The zero-order chi connectivity index (χ0) is 11.4. The summed E-state index contributed by atoms with van der Waals surface area (Å²) in [4.78, 5) is 15.7. The first-order chi connectivity index (χ1) is 7.79. The van der Waals surface area contributed by atoms with E-state index in [-0.39, 0.29) is 0 Å². The monoisotopic (exact) mass is 269 g/mol. The SMILES string of the molecule is O=Cc1csc(CSc2ccccc2Cl)n1. The highest BCUT2D eigenvalue weighted by Gasteiger charge is 2.04. The van der Waals surface area contributed by atoms with E-state index >= 15 is 0 Å². The Morgan fingerprint density at radius 1 is 1.44 bits per heavy atom. The van der Waals surface area contributed by atoms with E-state index in [9.17, 15) is 4.79 Å². The fourth-order valence-corrected chi connectivity index (χ4v) is 3.14. The molecule has 0 N–H and O–H groups in total. The minimum absolute atomic E-state index is 0.500. The van der Waals surface area contributed by atoms with E-state index in [1.54, 1.807) is 17.1 Å². The number of benzene rings is 1. The summed E-state index contributed by atoms with van der Waals surface area (Å²) in [6, 6.07) is 7.69. The van der Waals surface area contributed by atoms with Crippen molar-refractivity contribution in [3.05, 3.63) is 45.4 Å². The summed E-state index contributed by atoms with van der Waals surface area (Å²) < 4.78 is 0. The second kappa shape index (κ2) is 5.48. The molecule has 0 amide bonds. The Bertz CT molecular complexity index is 498. The van der Waals surface area contributed by atoms with E-state index in [2.05, 4.69) is 4.98 Å². The maximum absolute atomic E-state index is 10.5. The van der Waals surface area contributed by atoms with Crippen LogP contribution in [0.25, 0.3) is 0 Å². The van der Waals surface area contributed by atoms with Crippen LogP contribution in [0.4, 0.5) is 0 Å². The van der Waals surface area contributed by atoms with Crippen molar-refractivity contribution in [3.8, 4) is 0 Å². The van der Waals surface area contributed by atoms with Gasteiger partial charge in [-0.3, -0.25) is 4.79 Å². The lowest BCUT2D eigenvalue weighted by molar-refractivity contribution is 0.111. The summed E-state index contributed by atoms with van der Waals surface area (Å²) in [7, 11) is 0. The highest BCUT2D eigenvalue weighted by Crippen LogP contribution is 2.29. The molecule has 2 nitrogen and oxygen atoms in total. The number of rotatable bonds is 4. The molecule has 2 aromatic rings. The van der Waals surface area contributed by atoms with Gasteiger partial charge in [-0.15, -0.1) is 23.1 Å². The predicted octanol–water partition coefficient (Wildman–Crippen LogP) is 3.90. The number of halogens is 1. The Balaban J connectivity index is 2.02. The molecule has 1 aromatic carbocycles. The van der Waals surface area contributed by atoms with Gasteiger partial charge in [0.1, 0.15) is 10.7 Å². The second-order valence-electron chi connectivity index (χ2n) is 3.00. The first kappa shape index (κ1) is 11.6. The summed E-state index contributed by atoms with van der Waals surface area (Å²) >= 11 is 9.15. The highest BCUT2D eigenvalue weighted by atomic mass is 35.5. The van der Waals surface area contributed by atoms with E-state index in [0.29, 0.717) is 5.69 Å². The van der Waals surface area contributed by atoms with Crippen LogP contribution < -0.4 is 0 Å². The number of thioether (sulfide) groups is 1. The molecule has 82 valence electrons. The van der Waals surface area contributed by atoms with Crippen LogP contribution in [0.15, 0.2) is 34.5 Å². The molecule has 5 heteroatoms. The van der Waals surface area contributed by atoms with Crippen LogP contribution in [0.5, 0.6) is 0 Å². The van der Waals surface area contributed by atoms with Crippen LogP contribution in [0, 0.1) is 0 Å². The third kappa shape index (κ3) is 2.84. The normalized spacial score (nSPS) is 10.3. The molecule has 0 unspecified atom stereocenters. The molecule has 0 aliphatic heterocycles. The fraction of sp³-hybridized carbons (Fsp3) is 0.0909. The summed E-state index contributed by atoms with van der Waals surface area (Å²) in [6.07, 6.45) is 0.764. The minimum atomic E-state index is 0.500. The van der Waals surface area contributed by atoms with Crippen LogP contribution in [-0.2, 0) is 5.75 Å². The van der Waals surface area contributed by atoms with Crippen molar-refractivity contribution in [2.75, 3.05) is 0 Å². The maximum Gasteiger partial charge on any atom is 0.169 e. The van der Waals surface area contributed by atoms with E-state index < -0.39 is 0 Å². The summed E-state index contributed by atoms with van der Waals surface area (Å²) in [5, 5.41) is 3.45. The third-order valence-corrected chi connectivity index (χ3v) is 4.45. The molecule has 1 aromatic heterocycles. The standard InChI is InChI=1S/C11H8ClNOS2/c12-9-3-1-2-4-10(9)15-7-11-13-8(5-14)6-16-11/h1-6H,7H2. The van der Waals surface area contributed by atoms with Gasteiger partial charge in [0.15, 0.2) is 6.29 Å². The maximum atomic E-state index is 10.5. The topological polar surface area (TPSA) is 30.0 Å². The lowest BCUT2D eigenvalue weighted by atomic mass is 10.4. The van der Waals surface area contributed by atoms with Gasteiger partial charge < -0.3 is 0 Å². The molecule has 0 saturated carbocycles. The van der Waals surface area contributed by atoms with Crippen molar-refractivity contribution < 1.29 is 4.79 Å². The minimum Gasteiger partial charge on any atom is -0.296 e. The van der Waals surface area contributed by atoms with Crippen molar-refractivity contribution in [2.24, 2.45) is 0 Å². The smallest absolute Gasteiger partial charge is 0.169 e. The second-order valence-corrected chi connectivity index (χ2v) is 5.37. The van der Waals surface area contributed by atoms with Gasteiger partial charge in [0.25, 0.3) is 0 Å². The van der Waals surface area contributed by atoms with Gasteiger partial charge in [-0.25, -0.2) is 4.98 Å². The van der Waals surface area contributed by atoms with Crippen LogP contribution in [0.2, 0.25) is 5.02 Å². The molecule has 0 atom stereocenters. The van der Waals surface area contributed by atoms with E-state index in [1.165, 1.54) is 11.3 Å². The molecule has 0 aliphatic carbocycles. The first-order valence-electron chi connectivity index (χ1n) is 4.56. The van der Waals surface area contributed by atoms with Crippen LogP contribution >= 0.6 is 34.7 Å². The number of thiazole rings is 1. The predicted molar refractivity (Wildman–Crippen MR) is 68.5 cm³/mol. The molecular weight excluding hydrogens is 262 g/mol. The van der Waals surface area contributed by atoms with E-state index in [0.717, 1.165) is 27.0 Å². The van der Waals surface area contributed by atoms with Gasteiger partial charge in [-0.2, -0.15) is 0 Å². The lowest BCUT2D eigenvalue weighted by Crippen LogP contribution is -1.82. The van der Waals surface area contributed by atoms with E-state index in [1.807, 2.05) is 24.3 Å². The number of aldehydes is 1. The van der Waals surface area contributed by atoms with Gasteiger partial charge >= 0.3 is 0 Å². The van der Waals surface area contributed by atoms with Gasteiger partial charge in [0, 0.05) is 10.3 Å². The lowest BCUT2D eigenvalue weighted by Gasteiger charge is -2.00. The molecule has 0 bridgehead atoms. The zero-order valence-corrected chi connectivity index (χ0v) is 10.6. The Morgan fingerprint density at radius 2 is 2.25 bits per heavy atom. The van der Waals surface area contributed by atoms with Crippen molar-refractivity contribution in [1.82, 2.24) is 4.98 Å². The molecular formula is C11H8ClNOS2. The van der Waals surface area contributed by atoms with E-state index in [4.69, 9.17) is 11.6 Å². The number of hydrogen-bond donors (Lipinski definition) is 0. The molecule has 1 heterocycles. The quantitative estimate of drug-likeness (QED) is 0.623. The van der Waals surface area contributed by atoms with Crippen molar-refractivity contribution >= 4 is 41.0 Å². The number of nitrogens with zero attached hydrogens (tertiary/aromatic N) is 1. The Labute approximate surface area is 107 Å². The van der Waals surface area contributed by atoms with Crippen molar-refractivity contribution in [3.63, 3.8) is 0 Å². The number of carbonyl (C=O) groups is 1. The average molecular weight is 270 g/mol. The Morgan fingerprint density at radius 3 is 2.94 bits per heavy atom. The molecule has 0 spiro atoms. The first-order valence-corrected chi connectivity index (χ1v) is 6.81. The molecule has 0 fully saturated rings. The van der Waals surface area contributed by atoms with Gasteiger partial charge in [-0.05, 0) is 12.1 Å². The van der Waals surface area contributed by atoms with Crippen molar-refractivity contribution in [1.29, 1.82) is 0 Å². The van der Waals surface area contributed by atoms with Gasteiger partial charge in [0.2, 0.25) is 0 Å². The average Bonchev–Trinajstić information content (AvgIpc) is 2.76. The van der Waals surface area contributed by atoms with Gasteiger partial charge in [0.05, 0.1) is 10.8 Å². The zero-order valence-electron chi connectivity index (χ0n) is 8.22. The van der Waals surface area contributed by atoms with Crippen LogP contribution in [-0.4, -0.2) is 11.3 Å². The molecule has 0 radical (unpaired) electrons. The third-order valence-electron chi connectivity index (χ3n) is 1.88. The van der Waals surface area contributed by atoms with Crippen LogP contribution in [0.1, 0.15) is 15.5 Å². The summed E-state index contributed by atoms with van der Waals surface area (Å²) in [6.45, 7) is 0. The largest absolute Gasteiger partial charge is 0.296 e. The summed E-state index contributed by atoms with van der Waals surface area (Å²) in [5.41, 5.74) is 0.500. The molecule has 0 aliphatic rings. The highest BCUT2D eigenvalue weighted by molar-refractivity contribution is 7.98. The van der Waals surface area contributed by atoms with Gasteiger partial charge in [-0.1, -0.05) is 23.7 Å². The number of hydrogen-bond acceptors (Lipinski definition) is 4. The molecule has 0 saturated heterocycles. The number of carbonyl (C=O) groups excluding carboxylic acids is 1. The Kier molecular flexibility index (Phi) is 3.98. The summed E-state index contributed by atoms with van der Waals surface area (Å²) in [5.74, 6) is 0.738. The number of aromatic nitrogens is 1. The Hall–Kier alpha value is -0.840. The molecule has 16 heavy (non-hydrogen) atoms. The van der Waals surface area contributed by atoms with Crippen molar-refractivity contribution in [2.45, 2.75) is 10.6 Å². The molecule has 2 rings (SSSR count). The van der Waals surface area contributed by atoms with Crippen LogP contribution in [0.3, 0.4) is 0 Å².